The van der Waals surface area contributed by atoms with Crippen molar-refractivity contribution in [2.24, 2.45) is 0 Å². The molecule has 2 amide bonds. The monoisotopic (exact) mass is 591 g/mol. The zero-order valence-electron chi connectivity index (χ0n) is 24.9. The van der Waals surface area contributed by atoms with Crippen molar-refractivity contribution in [2.45, 2.75) is 76.4 Å². The molecule has 1 aliphatic carbocycles. The highest BCUT2D eigenvalue weighted by Gasteiger charge is 2.34. The molecule has 0 bridgehead atoms. The van der Waals surface area contributed by atoms with Crippen molar-refractivity contribution in [1.29, 1.82) is 0 Å². The zero-order valence-corrected chi connectivity index (χ0v) is 25.7. The number of amides is 2. The van der Waals surface area contributed by atoms with Gasteiger partial charge < -0.3 is 15.0 Å². The number of aryl methyl sites for hydroxylation is 2. The topological polar surface area (TPSA) is 96.0 Å². The summed E-state index contributed by atoms with van der Waals surface area (Å²) in [6.07, 6.45) is 4.36. The van der Waals surface area contributed by atoms with Gasteiger partial charge >= 0.3 is 0 Å². The van der Waals surface area contributed by atoms with Crippen molar-refractivity contribution in [3.63, 3.8) is 0 Å². The maximum absolute atomic E-state index is 14.2. The van der Waals surface area contributed by atoms with Crippen LogP contribution < -0.4 is 14.4 Å². The van der Waals surface area contributed by atoms with Gasteiger partial charge in [-0.1, -0.05) is 67.3 Å². The largest absolute Gasteiger partial charge is 0.497 e. The average Bonchev–Trinajstić information content (AvgIpc) is 3.49. The summed E-state index contributed by atoms with van der Waals surface area (Å²) in [4.78, 5) is 29.4. The third-order valence-corrected chi connectivity index (χ3v) is 9.60. The first-order valence-electron chi connectivity index (χ1n) is 14.5. The molecule has 0 unspecified atom stereocenters. The van der Waals surface area contributed by atoms with E-state index < -0.39 is 28.5 Å². The minimum Gasteiger partial charge on any atom is -0.497 e. The van der Waals surface area contributed by atoms with E-state index in [0.29, 0.717) is 17.9 Å². The van der Waals surface area contributed by atoms with Crippen LogP contribution in [0.1, 0.15) is 55.7 Å². The predicted octanol–water partition coefficient (Wildman–Crippen LogP) is 5.37. The highest BCUT2D eigenvalue weighted by molar-refractivity contribution is 7.92. The molecular formula is C33H41N3O5S. The fourth-order valence-electron chi connectivity index (χ4n) is 5.29. The summed E-state index contributed by atoms with van der Waals surface area (Å²) in [6, 6.07) is 20.2. The summed E-state index contributed by atoms with van der Waals surface area (Å²) in [5.74, 6) is 0.00224. The molecule has 0 spiro atoms. The van der Waals surface area contributed by atoms with Gasteiger partial charge in [0.2, 0.25) is 11.8 Å². The van der Waals surface area contributed by atoms with Gasteiger partial charge in [-0.3, -0.25) is 13.9 Å². The van der Waals surface area contributed by atoms with E-state index in [1.165, 1.54) is 4.90 Å². The SMILES string of the molecule is CC[C@@H](C(=O)NC1CCCC1)N(Cc1ccc(OC)cc1)C(=O)CN(c1ccc(C)cc1)S(=O)(=O)c1ccc(C)cc1. The van der Waals surface area contributed by atoms with Gasteiger partial charge in [-0.25, -0.2) is 8.42 Å². The van der Waals surface area contributed by atoms with E-state index in [0.717, 1.165) is 46.7 Å². The fraction of sp³-hybridized carbons (Fsp3) is 0.394. The van der Waals surface area contributed by atoms with E-state index in [2.05, 4.69) is 5.32 Å². The lowest BCUT2D eigenvalue weighted by atomic mass is 10.1. The Morgan fingerprint density at radius 2 is 1.48 bits per heavy atom. The Morgan fingerprint density at radius 3 is 2.02 bits per heavy atom. The summed E-state index contributed by atoms with van der Waals surface area (Å²) in [6.45, 7) is 5.36. The van der Waals surface area contributed by atoms with Crippen LogP contribution in [0.3, 0.4) is 0 Å². The molecule has 0 heterocycles. The third kappa shape index (κ3) is 7.50. The van der Waals surface area contributed by atoms with E-state index in [9.17, 15) is 18.0 Å². The standard InChI is InChI=1S/C33H41N3O5S/c1-5-31(33(38)34-27-8-6-7-9-27)35(22-26-14-18-29(41-4)19-15-26)32(37)23-36(28-16-10-24(2)11-17-28)42(39,40)30-20-12-25(3)13-21-30/h10-21,27,31H,5-9,22-23H2,1-4H3,(H,34,38)/t31-/m0/s1. The molecule has 42 heavy (non-hydrogen) atoms. The molecule has 0 aliphatic heterocycles. The van der Waals surface area contributed by atoms with E-state index in [4.69, 9.17) is 4.74 Å². The molecule has 0 aromatic heterocycles. The third-order valence-electron chi connectivity index (χ3n) is 7.81. The number of benzene rings is 3. The molecule has 1 atom stereocenters. The normalized spacial score (nSPS) is 14.3. The van der Waals surface area contributed by atoms with Gasteiger partial charge in [0.1, 0.15) is 18.3 Å². The number of carbonyl (C=O) groups is 2. The molecule has 224 valence electrons. The summed E-state index contributed by atoms with van der Waals surface area (Å²) in [7, 11) is -2.51. The van der Waals surface area contributed by atoms with Crippen LogP contribution in [0.2, 0.25) is 0 Å². The number of nitrogens with zero attached hydrogens (tertiary/aromatic N) is 2. The quantitative estimate of drug-likeness (QED) is 0.305. The molecule has 1 saturated carbocycles. The molecule has 1 fully saturated rings. The van der Waals surface area contributed by atoms with Crippen LogP contribution in [0, 0.1) is 13.8 Å². The Hall–Kier alpha value is -3.85. The van der Waals surface area contributed by atoms with Gasteiger partial charge in [-0.15, -0.1) is 0 Å². The lowest BCUT2D eigenvalue weighted by Gasteiger charge is -2.33. The van der Waals surface area contributed by atoms with Crippen molar-refractivity contribution in [3.8, 4) is 5.75 Å². The Bertz CT molecular complexity index is 1450. The molecule has 0 saturated heterocycles. The molecule has 3 aromatic carbocycles. The summed E-state index contributed by atoms with van der Waals surface area (Å²) >= 11 is 0. The van der Waals surface area contributed by atoms with E-state index in [-0.39, 0.29) is 23.4 Å². The van der Waals surface area contributed by atoms with Crippen molar-refractivity contribution in [2.75, 3.05) is 18.0 Å². The van der Waals surface area contributed by atoms with Crippen molar-refractivity contribution in [1.82, 2.24) is 10.2 Å². The van der Waals surface area contributed by atoms with Gasteiger partial charge in [0, 0.05) is 12.6 Å². The second kappa shape index (κ2) is 13.9. The molecule has 0 radical (unpaired) electrons. The van der Waals surface area contributed by atoms with Crippen LogP contribution in [-0.4, -0.2) is 50.9 Å². The lowest BCUT2D eigenvalue weighted by Crippen LogP contribution is -2.53. The smallest absolute Gasteiger partial charge is 0.264 e. The van der Waals surface area contributed by atoms with E-state index in [1.807, 2.05) is 45.0 Å². The summed E-state index contributed by atoms with van der Waals surface area (Å²) < 4.78 is 34.4. The average molecular weight is 592 g/mol. The number of ether oxygens (including phenoxy) is 1. The minimum absolute atomic E-state index is 0.0918. The highest BCUT2D eigenvalue weighted by atomic mass is 32.2. The molecule has 1 aliphatic rings. The highest BCUT2D eigenvalue weighted by Crippen LogP contribution is 2.26. The molecule has 3 aromatic rings. The van der Waals surface area contributed by atoms with Crippen LogP contribution in [0.25, 0.3) is 0 Å². The number of methoxy groups -OCH3 is 1. The number of carbonyl (C=O) groups excluding carboxylic acids is 2. The minimum atomic E-state index is -4.10. The van der Waals surface area contributed by atoms with Crippen LogP contribution in [0.4, 0.5) is 5.69 Å². The number of anilines is 1. The lowest BCUT2D eigenvalue weighted by molar-refractivity contribution is -0.140. The zero-order chi connectivity index (χ0) is 30.3. The van der Waals surface area contributed by atoms with Gasteiger partial charge in [0.05, 0.1) is 17.7 Å². The number of sulfonamides is 1. The van der Waals surface area contributed by atoms with Gasteiger partial charge in [-0.2, -0.15) is 0 Å². The molecule has 9 heteroatoms. The molecule has 4 rings (SSSR count). The van der Waals surface area contributed by atoms with Crippen molar-refractivity contribution < 1.29 is 22.7 Å². The molecular weight excluding hydrogens is 550 g/mol. The van der Waals surface area contributed by atoms with Crippen LogP contribution >= 0.6 is 0 Å². The Kier molecular flexibility index (Phi) is 10.3. The second-order valence-corrected chi connectivity index (χ2v) is 12.8. The number of hydrogen-bond acceptors (Lipinski definition) is 5. The van der Waals surface area contributed by atoms with Gasteiger partial charge in [0.25, 0.3) is 10.0 Å². The number of nitrogens with one attached hydrogen (secondary N) is 1. The summed E-state index contributed by atoms with van der Waals surface area (Å²) in [5.41, 5.74) is 3.08. The maximum Gasteiger partial charge on any atom is 0.264 e. The van der Waals surface area contributed by atoms with E-state index >= 15 is 0 Å². The van der Waals surface area contributed by atoms with Gasteiger partial charge in [-0.05, 0) is 75.1 Å². The number of rotatable bonds is 12. The molecule has 1 N–H and O–H groups in total. The predicted molar refractivity (Wildman–Crippen MR) is 165 cm³/mol. The van der Waals surface area contributed by atoms with Crippen LogP contribution in [0.15, 0.2) is 77.7 Å². The Balaban J connectivity index is 1.70. The second-order valence-electron chi connectivity index (χ2n) is 10.9. The first-order chi connectivity index (χ1) is 20.1. The number of hydrogen-bond donors (Lipinski definition) is 1. The molecule has 8 nitrogen and oxygen atoms in total. The van der Waals surface area contributed by atoms with Gasteiger partial charge in [0.15, 0.2) is 0 Å². The Morgan fingerprint density at radius 1 is 0.905 bits per heavy atom. The Labute approximate surface area is 249 Å². The van der Waals surface area contributed by atoms with Crippen LogP contribution in [0.5, 0.6) is 5.75 Å². The fourth-order valence-corrected chi connectivity index (χ4v) is 6.71. The maximum atomic E-state index is 14.2. The first kappa shape index (κ1) is 31.1. The first-order valence-corrected chi connectivity index (χ1v) is 15.9. The van der Waals surface area contributed by atoms with Crippen molar-refractivity contribution in [3.05, 3.63) is 89.5 Å². The van der Waals surface area contributed by atoms with E-state index in [1.54, 1.807) is 55.6 Å². The van der Waals surface area contributed by atoms with Crippen molar-refractivity contribution >= 4 is 27.5 Å². The summed E-state index contributed by atoms with van der Waals surface area (Å²) in [5, 5.41) is 3.14. The van der Waals surface area contributed by atoms with Crippen LogP contribution in [-0.2, 0) is 26.2 Å².